The van der Waals surface area contributed by atoms with Gasteiger partial charge in [-0.3, -0.25) is 4.79 Å². The maximum atomic E-state index is 11.3. The fourth-order valence-electron chi connectivity index (χ4n) is 0.939. The molecule has 0 spiro atoms. The SMILES string of the molecule is CC(CN)SCC(=O)N1CCC1. The normalized spacial score (nSPS) is 18.7. The van der Waals surface area contributed by atoms with Crippen molar-refractivity contribution < 1.29 is 4.79 Å². The lowest BCUT2D eigenvalue weighted by Crippen LogP contribution is -2.43. The Morgan fingerprint density at radius 2 is 2.33 bits per heavy atom. The molecule has 1 aliphatic rings. The highest BCUT2D eigenvalue weighted by Crippen LogP contribution is 2.13. The quantitative estimate of drug-likeness (QED) is 0.690. The van der Waals surface area contributed by atoms with Crippen LogP contribution >= 0.6 is 11.8 Å². The first-order valence-corrected chi connectivity index (χ1v) is 5.38. The van der Waals surface area contributed by atoms with Crippen molar-refractivity contribution in [3.05, 3.63) is 0 Å². The Labute approximate surface area is 77.7 Å². The van der Waals surface area contributed by atoms with Gasteiger partial charge in [0.05, 0.1) is 5.75 Å². The Balaban J connectivity index is 2.09. The van der Waals surface area contributed by atoms with E-state index >= 15 is 0 Å². The summed E-state index contributed by atoms with van der Waals surface area (Å²) in [7, 11) is 0. The minimum atomic E-state index is 0.270. The first-order chi connectivity index (χ1) is 5.74. The van der Waals surface area contributed by atoms with Crippen LogP contribution < -0.4 is 5.73 Å². The summed E-state index contributed by atoms with van der Waals surface area (Å²) in [6, 6.07) is 0. The lowest BCUT2D eigenvalue weighted by atomic mass is 10.2. The summed E-state index contributed by atoms with van der Waals surface area (Å²) in [5.74, 6) is 0.866. The van der Waals surface area contributed by atoms with Gasteiger partial charge in [0.1, 0.15) is 0 Å². The van der Waals surface area contributed by atoms with Crippen LogP contribution in [0.25, 0.3) is 0 Å². The lowest BCUT2D eigenvalue weighted by molar-refractivity contribution is -0.131. The van der Waals surface area contributed by atoms with Crippen molar-refractivity contribution in [1.82, 2.24) is 4.90 Å². The van der Waals surface area contributed by atoms with E-state index in [0.29, 0.717) is 17.5 Å². The van der Waals surface area contributed by atoms with Crippen LogP contribution in [0.5, 0.6) is 0 Å². The molecule has 0 aliphatic carbocycles. The lowest BCUT2D eigenvalue weighted by Gasteiger charge is -2.31. The van der Waals surface area contributed by atoms with Crippen LogP contribution in [0, 0.1) is 0 Å². The number of hydrogen-bond acceptors (Lipinski definition) is 3. The summed E-state index contributed by atoms with van der Waals surface area (Å²) >= 11 is 1.65. The van der Waals surface area contributed by atoms with E-state index in [0.717, 1.165) is 13.1 Å². The molecule has 0 aromatic heterocycles. The largest absolute Gasteiger partial charge is 0.342 e. The Hall–Kier alpha value is -0.220. The topological polar surface area (TPSA) is 46.3 Å². The molecule has 1 fully saturated rings. The smallest absolute Gasteiger partial charge is 0.232 e. The zero-order valence-corrected chi connectivity index (χ0v) is 8.27. The molecule has 1 heterocycles. The molecular formula is C8H16N2OS. The molecule has 0 radical (unpaired) electrons. The van der Waals surface area contributed by atoms with Crippen LogP contribution in [-0.2, 0) is 4.79 Å². The van der Waals surface area contributed by atoms with E-state index in [1.165, 1.54) is 6.42 Å². The van der Waals surface area contributed by atoms with Crippen molar-refractivity contribution >= 4 is 17.7 Å². The van der Waals surface area contributed by atoms with Gasteiger partial charge < -0.3 is 10.6 Å². The summed E-state index contributed by atoms with van der Waals surface area (Å²) in [5.41, 5.74) is 5.44. The number of nitrogens with two attached hydrogens (primary N) is 1. The average molecular weight is 188 g/mol. The maximum absolute atomic E-state index is 11.3. The van der Waals surface area contributed by atoms with Crippen LogP contribution in [0.4, 0.5) is 0 Å². The molecule has 70 valence electrons. The van der Waals surface area contributed by atoms with E-state index in [9.17, 15) is 4.79 Å². The molecule has 1 amide bonds. The first-order valence-electron chi connectivity index (χ1n) is 4.33. The highest BCUT2D eigenvalue weighted by molar-refractivity contribution is 8.00. The second-order valence-electron chi connectivity index (χ2n) is 3.09. The predicted molar refractivity (Wildman–Crippen MR) is 52.2 cm³/mol. The van der Waals surface area contributed by atoms with Crippen LogP contribution in [0.1, 0.15) is 13.3 Å². The van der Waals surface area contributed by atoms with Gasteiger partial charge in [0.25, 0.3) is 0 Å². The number of thioether (sulfide) groups is 1. The van der Waals surface area contributed by atoms with Gasteiger partial charge in [-0.1, -0.05) is 6.92 Å². The molecule has 12 heavy (non-hydrogen) atoms. The second kappa shape index (κ2) is 4.72. The second-order valence-corrected chi connectivity index (χ2v) is 4.52. The predicted octanol–water partition coefficient (Wildman–Crippen LogP) is 0.299. The minimum absolute atomic E-state index is 0.270. The molecule has 0 aromatic rings. The van der Waals surface area contributed by atoms with Gasteiger partial charge in [-0.2, -0.15) is 0 Å². The van der Waals surface area contributed by atoms with Crippen LogP contribution in [0.2, 0.25) is 0 Å². The van der Waals surface area contributed by atoms with E-state index in [2.05, 4.69) is 0 Å². The fourth-order valence-corrected chi connectivity index (χ4v) is 1.68. The van der Waals surface area contributed by atoms with Crippen molar-refractivity contribution in [3.63, 3.8) is 0 Å². The van der Waals surface area contributed by atoms with Gasteiger partial charge in [-0.15, -0.1) is 11.8 Å². The van der Waals surface area contributed by atoms with Gasteiger partial charge in [0.2, 0.25) is 5.91 Å². The molecule has 1 rings (SSSR count). The average Bonchev–Trinajstić information content (AvgIpc) is 1.97. The third kappa shape index (κ3) is 2.68. The number of carbonyl (C=O) groups is 1. The van der Waals surface area contributed by atoms with Crippen molar-refractivity contribution in [2.45, 2.75) is 18.6 Å². The number of hydrogen-bond donors (Lipinski definition) is 1. The molecule has 1 saturated heterocycles. The summed E-state index contributed by atoms with van der Waals surface area (Å²) < 4.78 is 0. The number of amides is 1. The molecule has 0 bridgehead atoms. The molecule has 0 saturated carbocycles. The van der Waals surface area contributed by atoms with E-state index < -0.39 is 0 Å². The molecule has 4 heteroatoms. The van der Waals surface area contributed by atoms with Crippen molar-refractivity contribution in [2.24, 2.45) is 5.73 Å². The van der Waals surface area contributed by atoms with Crippen LogP contribution in [0.15, 0.2) is 0 Å². The summed E-state index contributed by atoms with van der Waals surface area (Å²) in [4.78, 5) is 13.2. The number of likely N-dealkylation sites (tertiary alicyclic amines) is 1. The Morgan fingerprint density at radius 1 is 1.67 bits per heavy atom. The van der Waals surface area contributed by atoms with Crippen LogP contribution in [0.3, 0.4) is 0 Å². The van der Waals surface area contributed by atoms with E-state index in [1.54, 1.807) is 11.8 Å². The third-order valence-electron chi connectivity index (χ3n) is 2.03. The van der Waals surface area contributed by atoms with Gasteiger partial charge >= 0.3 is 0 Å². The Morgan fingerprint density at radius 3 is 2.75 bits per heavy atom. The standard InChI is InChI=1S/C8H16N2OS/c1-7(5-9)12-6-8(11)10-3-2-4-10/h7H,2-6,9H2,1H3. The molecular weight excluding hydrogens is 172 g/mol. The maximum Gasteiger partial charge on any atom is 0.232 e. The van der Waals surface area contributed by atoms with Crippen molar-refractivity contribution in [3.8, 4) is 0 Å². The summed E-state index contributed by atoms with van der Waals surface area (Å²) in [6.45, 7) is 4.61. The Kier molecular flexibility index (Phi) is 3.88. The first kappa shape index (κ1) is 9.86. The van der Waals surface area contributed by atoms with Crippen LogP contribution in [-0.4, -0.2) is 41.4 Å². The Bertz CT molecular complexity index is 159. The molecule has 2 N–H and O–H groups in total. The number of nitrogens with zero attached hydrogens (tertiary/aromatic N) is 1. The van der Waals surface area contributed by atoms with Crippen molar-refractivity contribution in [1.29, 1.82) is 0 Å². The zero-order chi connectivity index (χ0) is 8.97. The van der Waals surface area contributed by atoms with Gasteiger partial charge in [0.15, 0.2) is 0 Å². The molecule has 1 atom stereocenters. The summed E-state index contributed by atoms with van der Waals surface area (Å²) in [5, 5.41) is 0.398. The number of carbonyl (C=O) groups excluding carboxylic acids is 1. The van der Waals surface area contributed by atoms with Gasteiger partial charge in [-0.05, 0) is 6.42 Å². The molecule has 0 aromatic carbocycles. The molecule has 1 aliphatic heterocycles. The minimum Gasteiger partial charge on any atom is -0.342 e. The van der Waals surface area contributed by atoms with E-state index in [-0.39, 0.29) is 5.91 Å². The highest BCUT2D eigenvalue weighted by Gasteiger charge is 2.19. The van der Waals surface area contributed by atoms with E-state index in [4.69, 9.17) is 5.73 Å². The monoisotopic (exact) mass is 188 g/mol. The van der Waals surface area contributed by atoms with Gasteiger partial charge in [0, 0.05) is 24.9 Å². The van der Waals surface area contributed by atoms with E-state index in [1.807, 2.05) is 11.8 Å². The number of rotatable bonds is 4. The molecule has 1 unspecified atom stereocenters. The third-order valence-corrected chi connectivity index (χ3v) is 3.21. The molecule has 3 nitrogen and oxygen atoms in total. The van der Waals surface area contributed by atoms with Crippen molar-refractivity contribution in [2.75, 3.05) is 25.4 Å². The highest BCUT2D eigenvalue weighted by atomic mass is 32.2. The van der Waals surface area contributed by atoms with Gasteiger partial charge in [-0.25, -0.2) is 0 Å². The summed E-state index contributed by atoms with van der Waals surface area (Å²) in [6.07, 6.45) is 1.17. The zero-order valence-electron chi connectivity index (χ0n) is 7.45. The fraction of sp³-hybridized carbons (Fsp3) is 0.875.